The van der Waals surface area contributed by atoms with Crippen LogP contribution in [-0.4, -0.2) is 0 Å². The van der Waals surface area contributed by atoms with Gasteiger partial charge in [0.25, 0.3) is 0 Å². The van der Waals surface area contributed by atoms with Crippen LogP contribution in [0.25, 0.3) is 0 Å². The quantitative estimate of drug-likeness (QED) is 0.608. The van der Waals surface area contributed by atoms with Gasteiger partial charge < -0.3 is 0 Å². The summed E-state index contributed by atoms with van der Waals surface area (Å²) in [6, 6.07) is 25.6. The lowest BCUT2D eigenvalue weighted by atomic mass is 10.2. The molecule has 3 aromatic rings. The Labute approximate surface area is 136 Å². The van der Waals surface area contributed by atoms with Crippen molar-refractivity contribution in [1.82, 2.24) is 0 Å². The first kappa shape index (κ1) is 14.9. The molecule has 0 aliphatic rings. The van der Waals surface area contributed by atoms with Crippen LogP contribution < -0.4 is 4.57 Å². The lowest BCUT2D eigenvalue weighted by molar-refractivity contribution is -0.688. The van der Waals surface area contributed by atoms with Gasteiger partial charge in [-0.3, -0.25) is 0 Å². The zero-order valence-electron chi connectivity index (χ0n) is 12.6. The first-order chi connectivity index (χ1) is 10.9. The first-order valence-electron chi connectivity index (χ1n) is 7.54. The monoisotopic (exact) mass is 306 g/mol. The molecule has 2 aromatic carbocycles. The average molecular weight is 306 g/mol. The van der Waals surface area contributed by atoms with Crippen molar-refractivity contribution >= 4 is 11.8 Å². The number of hydrogen-bond donors (Lipinski definition) is 0. The van der Waals surface area contributed by atoms with Gasteiger partial charge in [0.2, 0.25) is 0 Å². The van der Waals surface area contributed by atoms with Crippen molar-refractivity contribution in [3.8, 4) is 0 Å². The molecule has 0 amide bonds. The van der Waals surface area contributed by atoms with E-state index in [-0.39, 0.29) is 0 Å². The van der Waals surface area contributed by atoms with E-state index in [1.165, 1.54) is 16.7 Å². The Morgan fingerprint density at radius 1 is 0.591 bits per heavy atom. The maximum Gasteiger partial charge on any atom is 0.173 e. The number of hydrogen-bond acceptors (Lipinski definition) is 1. The minimum Gasteiger partial charge on any atom is -0.201 e. The average Bonchev–Trinajstić information content (AvgIpc) is 2.58. The molecular weight excluding hydrogens is 286 g/mol. The highest BCUT2D eigenvalue weighted by Gasteiger charge is 2.03. The summed E-state index contributed by atoms with van der Waals surface area (Å²) >= 11 is 1.96. The number of benzene rings is 2. The fourth-order valence-corrected chi connectivity index (χ4v) is 3.30. The van der Waals surface area contributed by atoms with Crippen LogP contribution in [0.2, 0.25) is 0 Å². The molecule has 0 fully saturated rings. The van der Waals surface area contributed by atoms with Crippen LogP contribution in [0.1, 0.15) is 16.7 Å². The fraction of sp³-hybridized carbons (Fsp3) is 0.150. The van der Waals surface area contributed by atoms with Crippen LogP contribution in [0.5, 0.6) is 0 Å². The van der Waals surface area contributed by atoms with Gasteiger partial charge in [0.15, 0.2) is 18.9 Å². The zero-order valence-corrected chi connectivity index (χ0v) is 13.4. The van der Waals surface area contributed by atoms with E-state index in [9.17, 15) is 0 Å². The Hall–Kier alpha value is -2.06. The number of thioether (sulfide) groups is 1. The van der Waals surface area contributed by atoms with Crippen LogP contribution in [0.4, 0.5) is 0 Å². The summed E-state index contributed by atoms with van der Waals surface area (Å²) in [7, 11) is 0. The maximum absolute atomic E-state index is 2.22. The molecule has 1 nitrogen and oxygen atoms in total. The van der Waals surface area contributed by atoms with Gasteiger partial charge in [0, 0.05) is 29.2 Å². The summed E-state index contributed by atoms with van der Waals surface area (Å²) in [4.78, 5) is 0. The molecule has 0 N–H and O–H groups in total. The molecule has 110 valence electrons. The highest BCUT2D eigenvalue weighted by Crippen LogP contribution is 2.16. The Morgan fingerprint density at radius 3 is 1.68 bits per heavy atom. The van der Waals surface area contributed by atoms with Gasteiger partial charge in [0.1, 0.15) is 0 Å². The largest absolute Gasteiger partial charge is 0.201 e. The van der Waals surface area contributed by atoms with Crippen molar-refractivity contribution in [2.75, 3.05) is 0 Å². The van der Waals surface area contributed by atoms with Crippen LogP contribution in [-0.2, 0) is 18.1 Å². The van der Waals surface area contributed by atoms with E-state index in [0.29, 0.717) is 0 Å². The molecular formula is C20H20NS+. The van der Waals surface area contributed by atoms with Gasteiger partial charge in [-0.1, -0.05) is 60.7 Å². The molecule has 3 rings (SSSR count). The normalized spacial score (nSPS) is 10.5. The predicted octanol–water partition coefficient (Wildman–Crippen LogP) is 4.46. The molecule has 0 unspecified atom stereocenters. The van der Waals surface area contributed by atoms with E-state index in [4.69, 9.17) is 0 Å². The molecule has 0 bridgehead atoms. The smallest absolute Gasteiger partial charge is 0.173 e. The number of pyridine rings is 1. The molecule has 0 aliphatic carbocycles. The third-order valence-electron chi connectivity index (χ3n) is 3.55. The van der Waals surface area contributed by atoms with Gasteiger partial charge in [0.05, 0.1) is 0 Å². The van der Waals surface area contributed by atoms with E-state index in [1.807, 2.05) is 11.8 Å². The van der Waals surface area contributed by atoms with Crippen molar-refractivity contribution in [1.29, 1.82) is 0 Å². The molecule has 0 atom stereocenters. The minimum absolute atomic E-state index is 0.929. The van der Waals surface area contributed by atoms with E-state index in [1.54, 1.807) is 0 Å². The van der Waals surface area contributed by atoms with Gasteiger partial charge in [-0.15, -0.1) is 0 Å². The topological polar surface area (TPSA) is 3.88 Å². The minimum atomic E-state index is 0.929. The molecule has 1 aromatic heterocycles. The molecule has 0 saturated heterocycles. The van der Waals surface area contributed by atoms with Gasteiger partial charge >= 0.3 is 0 Å². The number of aromatic nitrogens is 1. The van der Waals surface area contributed by atoms with Gasteiger partial charge in [-0.05, 0) is 11.1 Å². The SMILES string of the molecule is c1ccc(CSCc2cc[n+](Cc3ccccc3)cc2)cc1. The summed E-state index contributed by atoms with van der Waals surface area (Å²) in [5, 5.41) is 0. The number of nitrogens with zero attached hydrogens (tertiary/aromatic N) is 1. The predicted molar refractivity (Wildman–Crippen MR) is 93.6 cm³/mol. The third-order valence-corrected chi connectivity index (χ3v) is 4.62. The van der Waals surface area contributed by atoms with Crippen molar-refractivity contribution < 1.29 is 4.57 Å². The summed E-state index contributed by atoms with van der Waals surface area (Å²) in [5.74, 6) is 2.13. The van der Waals surface area contributed by atoms with Crippen LogP contribution in [0.3, 0.4) is 0 Å². The molecule has 0 radical (unpaired) electrons. The van der Waals surface area contributed by atoms with Crippen molar-refractivity contribution in [2.24, 2.45) is 0 Å². The zero-order chi connectivity index (χ0) is 15.0. The first-order valence-corrected chi connectivity index (χ1v) is 8.69. The molecule has 1 heterocycles. The van der Waals surface area contributed by atoms with Crippen LogP contribution in [0.15, 0.2) is 85.2 Å². The van der Waals surface area contributed by atoms with E-state index < -0.39 is 0 Å². The van der Waals surface area contributed by atoms with Crippen molar-refractivity contribution in [3.63, 3.8) is 0 Å². The lowest BCUT2D eigenvalue weighted by Gasteiger charge is -2.02. The highest BCUT2D eigenvalue weighted by molar-refractivity contribution is 7.97. The van der Waals surface area contributed by atoms with E-state index in [2.05, 4.69) is 89.8 Å². The molecule has 2 heteroatoms. The lowest BCUT2D eigenvalue weighted by Crippen LogP contribution is -2.33. The molecule has 22 heavy (non-hydrogen) atoms. The fourth-order valence-electron chi connectivity index (χ4n) is 2.35. The Kier molecular flexibility index (Phi) is 5.27. The molecule has 0 saturated carbocycles. The summed E-state index contributed by atoms with van der Waals surface area (Å²) in [5.41, 5.74) is 4.10. The van der Waals surface area contributed by atoms with E-state index >= 15 is 0 Å². The third kappa shape index (κ3) is 4.47. The standard InChI is InChI=1S/C20H20NS/c1-3-7-18(8-4-1)15-21-13-11-20(12-14-21)17-22-16-19-9-5-2-6-10-19/h1-14H,15-17H2/q+1. The van der Waals surface area contributed by atoms with Crippen molar-refractivity contribution in [2.45, 2.75) is 18.1 Å². The molecule has 0 aliphatic heterocycles. The van der Waals surface area contributed by atoms with E-state index in [0.717, 1.165) is 18.1 Å². The second kappa shape index (κ2) is 7.81. The van der Waals surface area contributed by atoms with Crippen LogP contribution in [0, 0.1) is 0 Å². The van der Waals surface area contributed by atoms with Gasteiger partial charge in [-0.25, -0.2) is 4.57 Å². The van der Waals surface area contributed by atoms with Gasteiger partial charge in [-0.2, -0.15) is 11.8 Å². The Bertz CT molecular complexity index is 678. The highest BCUT2D eigenvalue weighted by atomic mass is 32.2. The number of rotatable bonds is 6. The summed E-state index contributed by atoms with van der Waals surface area (Å²) < 4.78 is 2.22. The second-order valence-corrected chi connectivity index (χ2v) is 6.33. The summed E-state index contributed by atoms with van der Waals surface area (Å²) in [6.07, 6.45) is 4.34. The maximum atomic E-state index is 2.22. The Morgan fingerprint density at radius 2 is 1.09 bits per heavy atom. The second-order valence-electron chi connectivity index (χ2n) is 5.34. The van der Waals surface area contributed by atoms with Crippen molar-refractivity contribution in [3.05, 3.63) is 102 Å². The molecule has 0 spiro atoms. The summed E-state index contributed by atoms with van der Waals surface area (Å²) in [6.45, 7) is 0.929. The van der Waals surface area contributed by atoms with Crippen LogP contribution >= 0.6 is 11.8 Å². The Balaban J connectivity index is 1.51.